The molecule has 0 saturated heterocycles. The smallest absolute Gasteiger partial charge is 0.192 e. The molecule has 0 N–H and O–H groups in total. The Morgan fingerprint density at radius 1 is 1.19 bits per heavy atom. The Balaban J connectivity index is 2.22. The van der Waals surface area contributed by atoms with Crippen LogP contribution in [-0.4, -0.2) is 10.4 Å². The van der Waals surface area contributed by atoms with Crippen LogP contribution < -0.4 is 5.43 Å². The molecule has 0 aliphatic heterocycles. The van der Waals surface area contributed by atoms with Gasteiger partial charge in [-0.2, -0.15) is 5.26 Å². The lowest BCUT2D eigenvalue weighted by Gasteiger charge is -2.17. The summed E-state index contributed by atoms with van der Waals surface area (Å²) in [6, 6.07) is 16.4. The fourth-order valence-electron chi connectivity index (χ4n) is 2.98. The van der Waals surface area contributed by atoms with Crippen molar-refractivity contribution in [3.05, 3.63) is 92.2 Å². The van der Waals surface area contributed by atoms with Crippen molar-refractivity contribution < 1.29 is 4.79 Å². The predicted molar refractivity (Wildman–Crippen MR) is 106 cm³/mol. The minimum atomic E-state index is -0.336. The molecule has 0 saturated carbocycles. The molecular weight excluding hydrogens is 360 g/mol. The van der Waals surface area contributed by atoms with Gasteiger partial charge in [-0.3, -0.25) is 9.59 Å². The van der Waals surface area contributed by atoms with E-state index in [0.717, 1.165) is 16.7 Å². The summed E-state index contributed by atoms with van der Waals surface area (Å²) in [4.78, 5) is 24.3. The van der Waals surface area contributed by atoms with Crippen LogP contribution in [0.5, 0.6) is 0 Å². The highest BCUT2D eigenvalue weighted by molar-refractivity contribution is 6.34. The number of nitrogens with zero attached hydrogens (tertiary/aromatic N) is 2. The van der Waals surface area contributed by atoms with Crippen molar-refractivity contribution in [1.82, 2.24) is 4.57 Å². The summed E-state index contributed by atoms with van der Waals surface area (Å²) in [5.74, 6) is -0.290. The second-order valence-corrected chi connectivity index (χ2v) is 6.75. The summed E-state index contributed by atoms with van der Waals surface area (Å²) in [5, 5.41) is 9.68. The van der Waals surface area contributed by atoms with Gasteiger partial charge in [-0.05, 0) is 37.1 Å². The number of halogens is 1. The molecule has 0 spiro atoms. The first kappa shape index (κ1) is 18.6. The molecule has 4 nitrogen and oxygen atoms in total. The van der Waals surface area contributed by atoms with E-state index in [4.69, 9.17) is 16.9 Å². The molecule has 0 atom stereocenters. The number of hydrogen-bond donors (Lipinski definition) is 0. The number of nitriles is 1. The molecule has 0 unspecified atom stereocenters. The number of aryl methyl sites for hydroxylation is 1. The van der Waals surface area contributed by atoms with E-state index in [-0.39, 0.29) is 16.8 Å². The van der Waals surface area contributed by atoms with Crippen LogP contribution in [0, 0.1) is 18.3 Å². The van der Waals surface area contributed by atoms with E-state index in [9.17, 15) is 9.59 Å². The van der Waals surface area contributed by atoms with Gasteiger partial charge < -0.3 is 4.57 Å². The lowest BCUT2D eigenvalue weighted by molar-refractivity contribution is 0.101. The van der Waals surface area contributed by atoms with Crippen LogP contribution in [0.25, 0.3) is 11.3 Å². The standard InChI is InChI=1S/C22H17ClN2O2/c1-14-5-3-8-18(22(14)23)20-10-21(27)19(15(2)26)13-25(20)12-17-7-4-6-16(9-17)11-24/h3-10,13H,12H2,1-2H3. The van der Waals surface area contributed by atoms with Gasteiger partial charge in [0.2, 0.25) is 0 Å². The summed E-state index contributed by atoms with van der Waals surface area (Å²) in [5.41, 5.74) is 3.47. The largest absolute Gasteiger partial charge is 0.342 e. The monoisotopic (exact) mass is 376 g/mol. The van der Waals surface area contributed by atoms with Crippen LogP contribution in [0.2, 0.25) is 5.02 Å². The van der Waals surface area contributed by atoms with Gasteiger partial charge in [-0.25, -0.2) is 0 Å². The van der Waals surface area contributed by atoms with Crippen LogP contribution in [0.1, 0.15) is 34.0 Å². The highest BCUT2D eigenvalue weighted by atomic mass is 35.5. The Morgan fingerprint density at radius 3 is 2.63 bits per heavy atom. The van der Waals surface area contributed by atoms with E-state index in [1.54, 1.807) is 18.3 Å². The number of pyridine rings is 1. The zero-order chi connectivity index (χ0) is 19.6. The summed E-state index contributed by atoms with van der Waals surface area (Å²) >= 11 is 6.48. The maximum absolute atomic E-state index is 12.4. The molecular formula is C22H17ClN2O2. The number of Topliss-reactive ketones (excluding diaryl/α,β-unsaturated/α-hetero) is 1. The Kier molecular flexibility index (Phi) is 5.25. The first-order chi connectivity index (χ1) is 12.9. The van der Waals surface area contributed by atoms with E-state index in [2.05, 4.69) is 6.07 Å². The third kappa shape index (κ3) is 3.84. The number of ketones is 1. The molecule has 0 aliphatic rings. The first-order valence-electron chi connectivity index (χ1n) is 8.40. The fraction of sp³-hybridized carbons (Fsp3) is 0.136. The molecule has 0 aliphatic carbocycles. The zero-order valence-electron chi connectivity index (χ0n) is 15.0. The highest BCUT2D eigenvalue weighted by Crippen LogP contribution is 2.30. The van der Waals surface area contributed by atoms with Crippen molar-refractivity contribution in [2.45, 2.75) is 20.4 Å². The van der Waals surface area contributed by atoms with E-state index in [1.807, 2.05) is 41.8 Å². The van der Waals surface area contributed by atoms with Crippen LogP contribution in [0.15, 0.2) is 59.5 Å². The Labute approximate surface area is 162 Å². The molecule has 0 radical (unpaired) electrons. The van der Waals surface area contributed by atoms with Crippen LogP contribution >= 0.6 is 11.6 Å². The number of benzene rings is 2. The summed E-state index contributed by atoms with van der Waals surface area (Å²) in [6.45, 7) is 3.67. The second kappa shape index (κ2) is 7.61. The first-order valence-corrected chi connectivity index (χ1v) is 8.78. The predicted octanol–water partition coefficient (Wildman–Crippen LogP) is 4.60. The third-order valence-electron chi connectivity index (χ3n) is 4.38. The summed E-state index contributed by atoms with van der Waals surface area (Å²) in [6.07, 6.45) is 1.57. The number of carbonyl (C=O) groups excluding carboxylic acids is 1. The van der Waals surface area contributed by atoms with E-state index < -0.39 is 0 Å². The lowest BCUT2D eigenvalue weighted by Crippen LogP contribution is -2.18. The lowest BCUT2D eigenvalue weighted by atomic mass is 10.0. The van der Waals surface area contributed by atoms with E-state index in [1.165, 1.54) is 13.0 Å². The molecule has 3 aromatic rings. The van der Waals surface area contributed by atoms with Crippen molar-refractivity contribution in [3.8, 4) is 17.3 Å². The molecule has 3 rings (SSSR count). The number of carbonyl (C=O) groups is 1. The van der Waals surface area contributed by atoms with Crippen LogP contribution in [0.3, 0.4) is 0 Å². The Morgan fingerprint density at radius 2 is 1.93 bits per heavy atom. The average Bonchev–Trinajstić information content (AvgIpc) is 2.65. The maximum Gasteiger partial charge on any atom is 0.192 e. The minimum Gasteiger partial charge on any atom is -0.342 e. The van der Waals surface area contributed by atoms with Gasteiger partial charge in [0.15, 0.2) is 11.2 Å². The van der Waals surface area contributed by atoms with Crippen molar-refractivity contribution in [2.75, 3.05) is 0 Å². The molecule has 2 aromatic carbocycles. The van der Waals surface area contributed by atoms with Crippen LogP contribution in [0.4, 0.5) is 0 Å². The van der Waals surface area contributed by atoms with Gasteiger partial charge in [0.05, 0.1) is 27.9 Å². The molecule has 0 fully saturated rings. The molecule has 134 valence electrons. The summed E-state index contributed by atoms with van der Waals surface area (Å²) < 4.78 is 1.83. The fourth-order valence-corrected chi connectivity index (χ4v) is 3.21. The molecule has 1 heterocycles. The number of rotatable bonds is 4. The van der Waals surface area contributed by atoms with Gasteiger partial charge in [0.25, 0.3) is 0 Å². The van der Waals surface area contributed by atoms with Crippen molar-refractivity contribution >= 4 is 17.4 Å². The highest BCUT2D eigenvalue weighted by Gasteiger charge is 2.15. The van der Waals surface area contributed by atoms with Crippen LogP contribution in [-0.2, 0) is 6.54 Å². The normalized spacial score (nSPS) is 10.4. The molecule has 1 aromatic heterocycles. The Hall–Kier alpha value is -3.16. The topological polar surface area (TPSA) is 62.9 Å². The van der Waals surface area contributed by atoms with E-state index in [0.29, 0.717) is 22.8 Å². The van der Waals surface area contributed by atoms with Gasteiger partial charge in [0.1, 0.15) is 0 Å². The van der Waals surface area contributed by atoms with Gasteiger partial charge in [0, 0.05) is 24.4 Å². The van der Waals surface area contributed by atoms with Gasteiger partial charge in [-0.15, -0.1) is 0 Å². The molecule has 27 heavy (non-hydrogen) atoms. The second-order valence-electron chi connectivity index (χ2n) is 6.37. The third-order valence-corrected chi connectivity index (χ3v) is 4.89. The quantitative estimate of drug-likeness (QED) is 0.625. The molecule has 0 amide bonds. The summed E-state index contributed by atoms with van der Waals surface area (Å²) in [7, 11) is 0. The van der Waals surface area contributed by atoms with Crippen molar-refractivity contribution in [3.63, 3.8) is 0 Å². The average molecular weight is 377 g/mol. The Bertz CT molecular complexity index is 1140. The molecule has 0 bridgehead atoms. The maximum atomic E-state index is 12.4. The number of hydrogen-bond acceptors (Lipinski definition) is 3. The van der Waals surface area contributed by atoms with Gasteiger partial charge >= 0.3 is 0 Å². The number of aromatic nitrogens is 1. The van der Waals surface area contributed by atoms with Crippen molar-refractivity contribution in [2.24, 2.45) is 0 Å². The zero-order valence-corrected chi connectivity index (χ0v) is 15.7. The minimum absolute atomic E-state index is 0.124. The van der Waals surface area contributed by atoms with Gasteiger partial charge in [-0.1, -0.05) is 41.9 Å². The molecule has 5 heteroatoms. The van der Waals surface area contributed by atoms with E-state index >= 15 is 0 Å². The van der Waals surface area contributed by atoms with Crippen molar-refractivity contribution in [1.29, 1.82) is 5.26 Å². The SMILES string of the molecule is CC(=O)c1cn(Cc2cccc(C#N)c2)c(-c2cccc(C)c2Cl)cc1=O.